The summed E-state index contributed by atoms with van der Waals surface area (Å²) < 4.78 is 5.15. The van der Waals surface area contributed by atoms with Crippen molar-refractivity contribution in [2.75, 3.05) is 0 Å². The van der Waals surface area contributed by atoms with Gasteiger partial charge in [-0.2, -0.15) is 0 Å². The van der Waals surface area contributed by atoms with Crippen molar-refractivity contribution in [3.05, 3.63) is 0 Å². The molecule has 12 heavy (non-hydrogen) atoms. The first-order chi connectivity index (χ1) is 5.83. The maximum Gasteiger partial charge on any atom is 0.318 e. The van der Waals surface area contributed by atoms with Crippen LogP contribution in [0, 0.1) is 12.3 Å². The summed E-state index contributed by atoms with van der Waals surface area (Å²) in [5, 5.41) is 0. The summed E-state index contributed by atoms with van der Waals surface area (Å²) in [4.78, 5) is 10.9. The van der Waals surface area contributed by atoms with Gasteiger partial charge in [0.2, 0.25) is 0 Å². The second-order valence-corrected chi connectivity index (χ2v) is 3.13. The van der Waals surface area contributed by atoms with Crippen LogP contribution in [-0.4, -0.2) is 12.1 Å². The second-order valence-electron chi connectivity index (χ2n) is 3.13. The Bertz CT molecular complexity index is 185. The standard InChI is InChI=1S/C10H14O2/c1-2-6-10(11)12-9-7-4-3-5-8-9/h1,9H,3-8H2. The average Bonchev–Trinajstić information content (AvgIpc) is 2.06. The highest BCUT2D eigenvalue weighted by Crippen LogP contribution is 2.20. The van der Waals surface area contributed by atoms with Crippen LogP contribution in [0.1, 0.15) is 38.5 Å². The lowest BCUT2D eigenvalue weighted by molar-refractivity contribution is -0.149. The summed E-state index contributed by atoms with van der Waals surface area (Å²) in [6.07, 6.45) is 10.9. The highest BCUT2D eigenvalue weighted by molar-refractivity contribution is 5.72. The van der Waals surface area contributed by atoms with Crippen molar-refractivity contribution < 1.29 is 9.53 Å². The molecule has 0 saturated heterocycles. The van der Waals surface area contributed by atoms with Crippen molar-refractivity contribution in [3.63, 3.8) is 0 Å². The summed E-state index contributed by atoms with van der Waals surface area (Å²) in [5.74, 6) is 2.04. The molecule has 0 aromatic rings. The Kier molecular flexibility index (Phi) is 3.66. The predicted octanol–water partition coefficient (Wildman–Crippen LogP) is 1.89. The van der Waals surface area contributed by atoms with Crippen LogP contribution in [0.3, 0.4) is 0 Å². The average molecular weight is 166 g/mol. The van der Waals surface area contributed by atoms with Gasteiger partial charge in [0.25, 0.3) is 0 Å². The molecule has 1 rings (SSSR count). The number of carbonyl (C=O) groups is 1. The molecule has 0 spiro atoms. The highest BCUT2D eigenvalue weighted by Gasteiger charge is 2.16. The lowest BCUT2D eigenvalue weighted by Gasteiger charge is -2.21. The number of hydrogen-bond acceptors (Lipinski definition) is 2. The molecular weight excluding hydrogens is 152 g/mol. The Morgan fingerprint density at radius 1 is 1.42 bits per heavy atom. The Labute approximate surface area is 73.3 Å². The predicted molar refractivity (Wildman–Crippen MR) is 46.4 cm³/mol. The van der Waals surface area contributed by atoms with Crippen LogP contribution < -0.4 is 0 Å². The molecule has 1 saturated carbocycles. The number of terminal acetylenes is 1. The van der Waals surface area contributed by atoms with Crippen LogP contribution in [0.5, 0.6) is 0 Å². The van der Waals surface area contributed by atoms with E-state index >= 15 is 0 Å². The number of hydrogen-bond donors (Lipinski definition) is 0. The molecule has 2 heteroatoms. The van der Waals surface area contributed by atoms with Gasteiger partial charge in [0.05, 0.1) is 0 Å². The molecule has 2 nitrogen and oxygen atoms in total. The molecule has 0 aromatic heterocycles. The van der Waals surface area contributed by atoms with Crippen LogP contribution in [-0.2, 0) is 9.53 Å². The summed E-state index contributed by atoms with van der Waals surface area (Å²) in [5.41, 5.74) is 0. The number of rotatable bonds is 2. The second kappa shape index (κ2) is 4.82. The van der Waals surface area contributed by atoms with Crippen molar-refractivity contribution in [2.24, 2.45) is 0 Å². The summed E-state index contributed by atoms with van der Waals surface area (Å²) in [6.45, 7) is 0. The summed E-state index contributed by atoms with van der Waals surface area (Å²) in [7, 11) is 0. The Morgan fingerprint density at radius 2 is 2.08 bits per heavy atom. The van der Waals surface area contributed by atoms with E-state index in [0.29, 0.717) is 0 Å². The normalized spacial score (nSPS) is 18.2. The van der Waals surface area contributed by atoms with E-state index in [1.807, 2.05) is 0 Å². The minimum Gasteiger partial charge on any atom is -0.462 e. The topological polar surface area (TPSA) is 26.3 Å². The SMILES string of the molecule is C#CCC(=O)OC1CCCCC1. The van der Waals surface area contributed by atoms with Crippen LogP contribution >= 0.6 is 0 Å². The minimum absolute atomic E-state index is 0.108. The van der Waals surface area contributed by atoms with Gasteiger partial charge in [-0.15, -0.1) is 6.42 Å². The monoisotopic (exact) mass is 166 g/mol. The van der Waals surface area contributed by atoms with Crippen LogP contribution in [0.15, 0.2) is 0 Å². The molecule has 0 atom stereocenters. The van der Waals surface area contributed by atoms with E-state index in [1.165, 1.54) is 19.3 Å². The maximum absolute atomic E-state index is 10.9. The molecule has 0 heterocycles. The quantitative estimate of drug-likeness (QED) is 0.462. The van der Waals surface area contributed by atoms with Gasteiger partial charge in [0.1, 0.15) is 12.5 Å². The van der Waals surface area contributed by atoms with Gasteiger partial charge in [0.15, 0.2) is 0 Å². The fraction of sp³-hybridized carbons (Fsp3) is 0.700. The molecule has 66 valence electrons. The summed E-state index contributed by atoms with van der Waals surface area (Å²) in [6, 6.07) is 0. The zero-order chi connectivity index (χ0) is 8.81. The molecule has 0 bridgehead atoms. The van der Waals surface area contributed by atoms with E-state index in [4.69, 9.17) is 11.2 Å². The molecule has 0 amide bonds. The van der Waals surface area contributed by atoms with E-state index in [9.17, 15) is 4.79 Å². The largest absolute Gasteiger partial charge is 0.462 e. The third-order valence-electron chi connectivity index (χ3n) is 2.10. The molecule has 1 fully saturated rings. The van der Waals surface area contributed by atoms with Crippen molar-refractivity contribution in [3.8, 4) is 12.3 Å². The maximum atomic E-state index is 10.9. The van der Waals surface area contributed by atoms with Gasteiger partial charge in [-0.1, -0.05) is 12.3 Å². The van der Waals surface area contributed by atoms with E-state index in [2.05, 4.69) is 5.92 Å². The van der Waals surface area contributed by atoms with Crippen molar-refractivity contribution in [1.29, 1.82) is 0 Å². The number of ether oxygens (including phenoxy) is 1. The lowest BCUT2D eigenvalue weighted by Crippen LogP contribution is -2.20. The van der Waals surface area contributed by atoms with E-state index in [1.54, 1.807) is 0 Å². The first-order valence-electron chi connectivity index (χ1n) is 4.46. The number of esters is 1. The van der Waals surface area contributed by atoms with Crippen LogP contribution in [0.25, 0.3) is 0 Å². The smallest absolute Gasteiger partial charge is 0.318 e. The molecule has 0 radical (unpaired) electrons. The minimum atomic E-state index is -0.246. The lowest BCUT2D eigenvalue weighted by atomic mass is 9.98. The fourth-order valence-corrected chi connectivity index (χ4v) is 1.49. The zero-order valence-corrected chi connectivity index (χ0v) is 7.21. The first kappa shape index (κ1) is 9.12. The van der Waals surface area contributed by atoms with E-state index in [0.717, 1.165) is 12.8 Å². The molecular formula is C10H14O2. The van der Waals surface area contributed by atoms with E-state index in [-0.39, 0.29) is 18.5 Å². The van der Waals surface area contributed by atoms with Gasteiger partial charge >= 0.3 is 5.97 Å². The van der Waals surface area contributed by atoms with Crippen molar-refractivity contribution in [2.45, 2.75) is 44.6 Å². The van der Waals surface area contributed by atoms with Crippen molar-refractivity contribution in [1.82, 2.24) is 0 Å². The number of carbonyl (C=O) groups excluding carboxylic acids is 1. The highest BCUT2D eigenvalue weighted by atomic mass is 16.5. The first-order valence-corrected chi connectivity index (χ1v) is 4.46. The fourth-order valence-electron chi connectivity index (χ4n) is 1.49. The van der Waals surface area contributed by atoms with E-state index < -0.39 is 0 Å². The third kappa shape index (κ3) is 2.96. The molecule has 0 unspecified atom stereocenters. The molecule has 1 aliphatic rings. The van der Waals surface area contributed by atoms with Crippen LogP contribution in [0.4, 0.5) is 0 Å². The van der Waals surface area contributed by atoms with Gasteiger partial charge in [0, 0.05) is 0 Å². The van der Waals surface area contributed by atoms with Gasteiger partial charge in [-0.05, 0) is 25.7 Å². The van der Waals surface area contributed by atoms with Gasteiger partial charge < -0.3 is 4.74 Å². The Hall–Kier alpha value is -0.970. The van der Waals surface area contributed by atoms with Gasteiger partial charge in [-0.25, -0.2) is 0 Å². The third-order valence-corrected chi connectivity index (χ3v) is 2.10. The Morgan fingerprint density at radius 3 is 2.67 bits per heavy atom. The van der Waals surface area contributed by atoms with Crippen LogP contribution in [0.2, 0.25) is 0 Å². The Balaban J connectivity index is 2.21. The molecule has 0 aromatic carbocycles. The molecule has 0 aliphatic heterocycles. The molecule has 0 N–H and O–H groups in total. The van der Waals surface area contributed by atoms with Crippen molar-refractivity contribution >= 4 is 5.97 Å². The molecule has 1 aliphatic carbocycles. The summed E-state index contributed by atoms with van der Waals surface area (Å²) >= 11 is 0. The van der Waals surface area contributed by atoms with Gasteiger partial charge in [-0.3, -0.25) is 4.79 Å². The zero-order valence-electron chi connectivity index (χ0n) is 7.21.